The summed E-state index contributed by atoms with van der Waals surface area (Å²) in [5.74, 6) is 2.08. The fraction of sp³-hybridized carbons (Fsp3) is 1.00. The molecule has 2 aliphatic rings. The van der Waals surface area contributed by atoms with Crippen molar-refractivity contribution in [2.75, 3.05) is 26.2 Å². The highest BCUT2D eigenvalue weighted by atomic mass is 14.9. The Morgan fingerprint density at radius 1 is 0.786 bits per heavy atom. The Labute approximate surface area is 87.8 Å². The third-order valence-electron chi connectivity index (χ3n) is 3.56. The molecule has 0 aromatic carbocycles. The smallest absolute Gasteiger partial charge is 0.00768 e. The van der Waals surface area contributed by atoms with Gasteiger partial charge < -0.3 is 10.6 Å². The van der Waals surface area contributed by atoms with E-state index in [-0.39, 0.29) is 0 Å². The van der Waals surface area contributed by atoms with Crippen molar-refractivity contribution in [3.8, 4) is 0 Å². The average Bonchev–Trinajstić information content (AvgIpc) is 2.90. The van der Waals surface area contributed by atoms with E-state index in [9.17, 15) is 0 Å². The minimum Gasteiger partial charge on any atom is -0.315 e. The predicted molar refractivity (Wildman–Crippen MR) is 60.4 cm³/mol. The highest BCUT2D eigenvalue weighted by molar-refractivity contribution is 4.75. The van der Waals surface area contributed by atoms with E-state index in [1.54, 1.807) is 0 Å². The SMILES string of the molecule is C1CC(CCNCCNCC2CC2)C1. The molecule has 0 aromatic heterocycles. The van der Waals surface area contributed by atoms with Gasteiger partial charge in [-0.2, -0.15) is 0 Å². The van der Waals surface area contributed by atoms with Crippen molar-refractivity contribution in [2.24, 2.45) is 11.8 Å². The van der Waals surface area contributed by atoms with Crippen LogP contribution in [-0.2, 0) is 0 Å². The summed E-state index contributed by atoms with van der Waals surface area (Å²) in [7, 11) is 0. The van der Waals surface area contributed by atoms with Gasteiger partial charge in [-0.25, -0.2) is 0 Å². The Hall–Kier alpha value is -0.0800. The summed E-state index contributed by atoms with van der Waals surface area (Å²) in [6.07, 6.45) is 8.78. The van der Waals surface area contributed by atoms with Crippen molar-refractivity contribution >= 4 is 0 Å². The van der Waals surface area contributed by atoms with Gasteiger partial charge in [0.2, 0.25) is 0 Å². The van der Waals surface area contributed by atoms with Crippen LogP contribution in [0.15, 0.2) is 0 Å². The van der Waals surface area contributed by atoms with E-state index in [0.29, 0.717) is 0 Å². The monoisotopic (exact) mass is 196 g/mol. The summed E-state index contributed by atoms with van der Waals surface area (Å²) in [5.41, 5.74) is 0. The van der Waals surface area contributed by atoms with E-state index in [4.69, 9.17) is 0 Å². The van der Waals surface area contributed by atoms with E-state index in [2.05, 4.69) is 10.6 Å². The van der Waals surface area contributed by atoms with Crippen LogP contribution in [0.1, 0.15) is 38.5 Å². The molecule has 0 amide bonds. The zero-order valence-corrected chi connectivity index (χ0v) is 9.23. The van der Waals surface area contributed by atoms with Crippen molar-refractivity contribution in [3.05, 3.63) is 0 Å². The molecule has 0 unspecified atom stereocenters. The van der Waals surface area contributed by atoms with E-state index >= 15 is 0 Å². The third-order valence-corrected chi connectivity index (χ3v) is 3.56. The molecule has 0 aliphatic heterocycles. The molecule has 0 spiro atoms. The molecule has 0 saturated heterocycles. The summed E-state index contributed by atoms with van der Waals surface area (Å²) < 4.78 is 0. The molecule has 0 radical (unpaired) electrons. The molecular formula is C12H24N2. The second-order valence-corrected chi connectivity index (χ2v) is 4.98. The zero-order chi connectivity index (χ0) is 9.64. The van der Waals surface area contributed by atoms with Crippen molar-refractivity contribution in [2.45, 2.75) is 38.5 Å². The maximum Gasteiger partial charge on any atom is 0.00768 e. The minimum absolute atomic E-state index is 1.02. The van der Waals surface area contributed by atoms with Gasteiger partial charge >= 0.3 is 0 Å². The lowest BCUT2D eigenvalue weighted by Crippen LogP contribution is -2.30. The van der Waals surface area contributed by atoms with Crippen molar-refractivity contribution in [3.63, 3.8) is 0 Å². The lowest BCUT2D eigenvalue weighted by atomic mass is 9.83. The van der Waals surface area contributed by atoms with E-state index in [0.717, 1.165) is 24.9 Å². The molecule has 2 aliphatic carbocycles. The molecule has 2 nitrogen and oxygen atoms in total. The number of nitrogens with one attached hydrogen (secondary N) is 2. The number of hydrogen-bond donors (Lipinski definition) is 2. The fourth-order valence-corrected chi connectivity index (χ4v) is 2.02. The molecule has 0 bridgehead atoms. The maximum atomic E-state index is 3.52. The van der Waals surface area contributed by atoms with Gasteiger partial charge in [-0.3, -0.25) is 0 Å². The molecule has 0 heterocycles. The van der Waals surface area contributed by atoms with Gasteiger partial charge in [-0.05, 0) is 44.2 Å². The zero-order valence-electron chi connectivity index (χ0n) is 9.23. The molecule has 2 heteroatoms. The van der Waals surface area contributed by atoms with Gasteiger partial charge in [0.05, 0.1) is 0 Å². The van der Waals surface area contributed by atoms with Gasteiger partial charge in [0.1, 0.15) is 0 Å². The highest BCUT2D eigenvalue weighted by Gasteiger charge is 2.19. The largest absolute Gasteiger partial charge is 0.315 e. The summed E-state index contributed by atoms with van der Waals surface area (Å²) in [5, 5.41) is 7.02. The van der Waals surface area contributed by atoms with E-state index < -0.39 is 0 Å². The van der Waals surface area contributed by atoms with Gasteiger partial charge in [0.25, 0.3) is 0 Å². The van der Waals surface area contributed by atoms with Crippen LogP contribution in [0.2, 0.25) is 0 Å². The van der Waals surface area contributed by atoms with Crippen molar-refractivity contribution in [1.82, 2.24) is 10.6 Å². The second-order valence-electron chi connectivity index (χ2n) is 4.98. The molecule has 2 saturated carbocycles. The Morgan fingerprint density at radius 2 is 1.57 bits per heavy atom. The number of rotatable bonds is 8. The molecule has 0 atom stereocenters. The average molecular weight is 196 g/mol. The van der Waals surface area contributed by atoms with Crippen LogP contribution >= 0.6 is 0 Å². The molecule has 2 fully saturated rings. The molecule has 82 valence electrons. The van der Waals surface area contributed by atoms with Gasteiger partial charge in [0.15, 0.2) is 0 Å². The van der Waals surface area contributed by atoms with E-state index in [1.165, 1.54) is 51.6 Å². The van der Waals surface area contributed by atoms with Crippen LogP contribution in [0.25, 0.3) is 0 Å². The Balaban J connectivity index is 1.29. The Kier molecular flexibility index (Phi) is 4.26. The van der Waals surface area contributed by atoms with Crippen LogP contribution in [0, 0.1) is 11.8 Å². The predicted octanol–water partition coefficient (Wildman–Crippen LogP) is 1.77. The van der Waals surface area contributed by atoms with Crippen molar-refractivity contribution < 1.29 is 0 Å². The summed E-state index contributed by atoms with van der Waals surface area (Å²) >= 11 is 0. The highest BCUT2D eigenvalue weighted by Crippen LogP contribution is 2.28. The van der Waals surface area contributed by atoms with Crippen LogP contribution in [-0.4, -0.2) is 26.2 Å². The number of hydrogen-bond acceptors (Lipinski definition) is 2. The first-order valence-corrected chi connectivity index (χ1v) is 6.36. The fourth-order valence-electron chi connectivity index (χ4n) is 2.02. The first-order chi connectivity index (χ1) is 6.95. The Bertz CT molecular complexity index is 150. The van der Waals surface area contributed by atoms with Crippen LogP contribution in [0.4, 0.5) is 0 Å². The minimum atomic E-state index is 1.02. The van der Waals surface area contributed by atoms with Crippen LogP contribution in [0.5, 0.6) is 0 Å². The standard InChI is InChI=1S/C12H24N2/c1-2-11(3-1)6-7-13-8-9-14-10-12-4-5-12/h11-14H,1-10H2. The molecule has 2 rings (SSSR count). The molecule has 0 aromatic rings. The van der Waals surface area contributed by atoms with E-state index in [1.807, 2.05) is 0 Å². The normalized spacial score (nSPS) is 22.3. The lowest BCUT2D eigenvalue weighted by molar-refractivity contribution is 0.292. The Morgan fingerprint density at radius 3 is 2.21 bits per heavy atom. The lowest BCUT2D eigenvalue weighted by Gasteiger charge is -2.25. The molecule has 2 N–H and O–H groups in total. The summed E-state index contributed by atoms with van der Waals surface area (Å²) in [4.78, 5) is 0. The van der Waals surface area contributed by atoms with Gasteiger partial charge in [-0.15, -0.1) is 0 Å². The second kappa shape index (κ2) is 5.72. The maximum absolute atomic E-state index is 3.52. The van der Waals surface area contributed by atoms with Gasteiger partial charge in [0, 0.05) is 13.1 Å². The summed E-state index contributed by atoms with van der Waals surface area (Å²) in [6, 6.07) is 0. The molecular weight excluding hydrogens is 172 g/mol. The van der Waals surface area contributed by atoms with Crippen LogP contribution < -0.4 is 10.6 Å². The first kappa shape index (κ1) is 10.4. The molecule has 14 heavy (non-hydrogen) atoms. The van der Waals surface area contributed by atoms with Crippen LogP contribution in [0.3, 0.4) is 0 Å². The first-order valence-electron chi connectivity index (χ1n) is 6.36. The van der Waals surface area contributed by atoms with Gasteiger partial charge in [-0.1, -0.05) is 19.3 Å². The third kappa shape index (κ3) is 3.97. The topological polar surface area (TPSA) is 24.1 Å². The summed E-state index contributed by atoms with van der Waals surface area (Å²) in [6.45, 7) is 4.79. The quantitative estimate of drug-likeness (QED) is 0.578. The van der Waals surface area contributed by atoms with Crippen molar-refractivity contribution in [1.29, 1.82) is 0 Å².